The van der Waals surface area contributed by atoms with E-state index < -0.39 is 16.1 Å². The Labute approximate surface area is 161 Å². The highest BCUT2D eigenvalue weighted by Crippen LogP contribution is 2.23. The van der Waals surface area contributed by atoms with Crippen LogP contribution < -0.4 is 14.4 Å². The molecule has 2 rings (SSSR count). The third-order valence-corrected chi connectivity index (χ3v) is 5.70. The molecule has 1 unspecified atom stereocenters. The Kier molecular flexibility index (Phi) is 6.49. The third-order valence-electron chi connectivity index (χ3n) is 4.46. The fourth-order valence-electron chi connectivity index (χ4n) is 2.75. The minimum Gasteiger partial charge on any atom is -0.497 e. The highest BCUT2D eigenvalue weighted by atomic mass is 32.2. The lowest BCUT2D eigenvalue weighted by molar-refractivity contribution is -0.122. The van der Waals surface area contributed by atoms with Gasteiger partial charge in [-0.15, -0.1) is 0 Å². The molecule has 0 aliphatic carbocycles. The van der Waals surface area contributed by atoms with E-state index in [0.29, 0.717) is 12.2 Å². The summed E-state index contributed by atoms with van der Waals surface area (Å²) in [5, 5.41) is 2.80. The number of anilines is 1. The van der Waals surface area contributed by atoms with Crippen molar-refractivity contribution in [2.24, 2.45) is 0 Å². The first-order chi connectivity index (χ1) is 12.6. The Morgan fingerprint density at radius 3 is 2.26 bits per heavy atom. The Balaban J connectivity index is 2.17. The van der Waals surface area contributed by atoms with Crippen molar-refractivity contribution < 1.29 is 17.9 Å². The first kappa shape index (κ1) is 20.8. The van der Waals surface area contributed by atoms with Gasteiger partial charge in [-0.3, -0.25) is 9.10 Å². The van der Waals surface area contributed by atoms with Crippen molar-refractivity contribution in [2.45, 2.75) is 33.4 Å². The van der Waals surface area contributed by atoms with Crippen molar-refractivity contribution in [1.29, 1.82) is 0 Å². The van der Waals surface area contributed by atoms with Crippen LogP contribution in [0.4, 0.5) is 5.69 Å². The van der Waals surface area contributed by atoms with Gasteiger partial charge in [-0.2, -0.15) is 0 Å². The second kappa shape index (κ2) is 8.43. The van der Waals surface area contributed by atoms with Crippen LogP contribution in [0.5, 0.6) is 5.75 Å². The summed E-state index contributed by atoms with van der Waals surface area (Å²) in [4.78, 5) is 12.6. The van der Waals surface area contributed by atoms with Crippen LogP contribution in [-0.2, 0) is 21.4 Å². The maximum atomic E-state index is 12.6. The lowest BCUT2D eigenvalue weighted by Gasteiger charge is -2.28. The number of amides is 1. The van der Waals surface area contributed by atoms with E-state index in [1.165, 1.54) is 0 Å². The van der Waals surface area contributed by atoms with Gasteiger partial charge in [0.2, 0.25) is 15.9 Å². The molecule has 2 aromatic rings. The van der Waals surface area contributed by atoms with E-state index in [0.717, 1.165) is 33.0 Å². The monoisotopic (exact) mass is 390 g/mol. The molecule has 1 atom stereocenters. The fraction of sp³-hybridized carbons (Fsp3) is 0.350. The molecule has 0 spiro atoms. The zero-order valence-electron chi connectivity index (χ0n) is 16.3. The fourth-order valence-corrected chi connectivity index (χ4v) is 3.92. The molecule has 0 fully saturated rings. The minimum atomic E-state index is -3.63. The van der Waals surface area contributed by atoms with Crippen molar-refractivity contribution in [3.63, 3.8) is 0 Å². The molecule has 0 radical (unpaired) electrons. The van der Waals surface area contributed by atoms with Crippen molar-refractivity contribution in [2.75, 3.05) is 17.7 Å². The third kappa shape index (κ3) is 5.23. The van der Waals surface area contributed by atoms with Crippen molar-refractivity contribution in [3.8, 4) is 5.75 Å². The lowest BCUT2D eigenvalue weighted by atomic mass is 10.1. The van der Waals surface area contributed by atoms with Crippen molar-refractivity contribution >= 4 is 21.6 Å². The summed E-state index contributed by atoms with van der Waals surface area (Å²) >= 11 is 0. The number of aryl methyl sites for hydroxylation is 2. The Hall–Kier alpha value is -2.54. The van der Waals surface area contributed by atoms with E-state index in [9.17, 15) is 13.2 Å². The number of nitrogens with one attached hydrogen (secondary N) is 1. The van der Waals surface area contributed by atoms with Gasteiger partial charge in [0.25, 0.3) is 0 Å². The molecular weight excluding hydrogens is 364 g/mol. The number of carbonyl (C=O) groups excluding carboxylic acids is 1. The highest BCUT2D eigenvalue weighted by Gasteiger charge is 2.29. The summed E-state index contributed by atoms with van der Waals surface area (Å²) in [6.45, 7) is 5.75. The second-order valence-corrected chi connectivity index (χ2v) is 8.43. The van der Waals surface area contributed by atoms with E-state index in [1.54, 1.807) is 26.2 Å². The van der Waals surface area contributed by atoms with Gasteiger partial charge in [-0.1, -0.05) is 18.2 Å². The first-order valence-electron chi connectivity index (χ1n) is 8.60. The number of carbonyl (C=O) groups is 1. The number of benzene rings is 2. The quantitative estimate of drug-likeness (QED) is 0.789. The van der Waals surface area contributed by atoms with Gasteiger partial charge in [-0.05, 0) is 61.7 Å². The highest BCUT2D eigenvalue weighted by molar-refractivity contribution is 7.92. The Bertz CT molecular complexity index is 908. The molecule has 0 aliphatic rings. The number of methoxy groups -OCH3 is 1. The van der Waals surface area contributed by atoms with Crippen LogP contribution in [0.3, 0.4) is 0 Å². The molecule has 2 aromatic carbocycles. The summed E-state index contributed by atoms with van der Waals surface area (Å²) < 4.78 is 31.0. The predicted molar refractivity (Wildman–Crippen MR) is 108 cm³/mol. The second-order valence-electron chi connectivity index (χ2n) is 6.57. The number of rotatable bonds is 7. The molecule has 1 amide bonds. The topological polar surface area (TPSA) is 75.7 Å². The number of sulfonamides is 1. The smallest absolute Gasteiger partial charge is 0.243 e. The number of ether oxygens (including phenoxy) is 1. The van der Waals surface area contributed by atoms with Crippen LogP contribution in [0.2, 0.25) is 0 Å². The molecule has 0 bridgehead atoms. The maximum Gasteiger partial charge on any atom is 0.243 e. The molecule has 0 heterocycles. The van der Waals surface area contributed by atoms with Crippen LogP contribution in [-0.4, -0.2) is 33.7 Å². The molecule has 1 N–H and O–H groups in total. The predicted octanol–water partition coefficient (Wildman–Crippen LogP) is 2.78. The van der Waals surface area contributed by atoms with Gasteiger partial charge < -0.3 is 10.1 Å². The number of hydrogen-bond donors (Lipinski definition) is 1. The van der Waals surface area contributed by atoms with E-state index in [1.807, 2.05) is 44.2 Å². The lowest BCUT2D eigenvalue weighted by Crippen LogP contribution is -2.47. The molecule has 27 heavy (non-hydrogen) atoms. The molecule has 6 nitrogen and oxygen atoms in total. The first-order valence-corrected chi connectivity index (χ1v) is 10.5. The van der Waals surface area contributed by atoms with E-state index in [2.05, 4.69) is 5.32 Å². The standard InChI is InChI=1S/C20H26N2O4S/c1-14-6-9-18(12-15(14)2)22(27(5,24)25)16(3)20(23)21-13-17-7-10-19(26-4)11-8-17/h6-12,16H,13H2,1-5H3,(H,21,23). The molecule has 0 aliphatic heterocycles. The van der Waals surface area contributed by atoms with Gasteiger partial charge in [0.15, 0.2) is 0 Å². The van der Waals surface area contributed by atoms with Crippen molar-refractivity contribution in [1.82, 2.24) is 5.32 Å². The molecule has 146 valence electrons. The SMILES string of the molecule is COc1ccc(CNC(=O)C(C)N(c2ccc(C)c(C)c2)S(C)(=O)=O)cc1. The summed E-state index contributed by atoms with van der Waals surface area (Å²) in [5.74, 6) is 0.367. The summed E-state index contributed by atoms with van der Waals surface area (Å²) in [6.07, 6.45) is 1.11. The van der Waals surface area contributed by atoms with Gasteiger partial charge in [0, 0.05) is 6.54 Å². The largest absolute Gasteiger partial charge is 0.497 e. The van der Waals surface area contributed by atoms with Crippen LogP contribution in [0.1, 0.15) is 23.6 Å². The Morgan fingerprint density at radius 1 is 1.11 bits per heavy atom. The zero-order valence-corrected chi connectivity index (χ0v) is 17.1. The van der Waals surface area contributed by atoms with E-state index in [-0.39, 0.29) is 5.91 Å². The summed E-state index contributed by atoms with van der Waals surface area (Å²) in [6, 6.07) is 11.8. The Morgan fingerprint density at radius 2 is 1.74 bits per heavy atom. The minimum absolute atomic E-state index is 0.303. The summed E-state index contributed by atoms with van der Waals surface area (Å²) in [5.41, 5.74) is 3.40. The van der Waals surface area contributed by atoms with Gasteiger partial charge in [0.05, 0.1) is 19.1 Å². The van der Waals surface area contributed by atoms with Gasteiger partial charge in [-0.25, -0.2) is 8.42 Å². The van der Waals surface area contributed by atoms with E-state index in [4.69, 9.17) is 4.74 Å². The summed E-state index contributed by atoms with van der Waals surface area (Å²) in [7, 11) is -2.04. The molecule has 0 saturated heterocycles. The molecule has 7 heteroatoms. The van der Waals surface area contributed by atoms with E-state index >= 15 is 0 Å². The van der Waals surface area contributed by atoms with Crippen LogP contribution >= 0.6 is 0 Å². The molecule has 0 aromatic heterocycles. The number of nitrogens with zero attached hydrogens (tertiary/aromatic N) is 1. The normalized spacial score (nSPS) is 12.3. The molecular formula is C20H26N2O4S. The van der Waals surface area contributed by atoms with Gasteiger partial charge in [0.1, 0.15) is 11.8 Å². The average Bonchev–Trinajstić information content (AvgIpc) is 2.62. The zero-order chi connectivity index (χ0) is 20.2. The van der Waals surface area contributed by atoms with Crippen molar-refractivity contribution in [3.05, 3.63) is 59.2 Å². The maximum absolute atomic E-state index is 12.6. The van der Waals surface area contributed by atoms with Crippen LogP contribution in [0.15, 0.2) is 42.5 Å². The number of hydrogen-bond acceptors (Lipinski definition) is 4. The van der Waals surface area contributed by atoms with Crippen LogP contribution in [0, 0.1) is 13.8 Å². The van der Waals surface area contributed by atoms with Gasteiger partial charge >= 0.3 is 0 Å². The molecule has 0 saturated carbocycles. The average molecular weight is 391 g/mol. The van der Waals surface area contributed by atoms with Crippen LogP contribution in [0.25, 0.3) is 0 Å².